The molecule has 2 N–H and O–H groups in total. The third-order valence-corrected chi connectivity index (χ3v) is 5.17. The molecule has 30 heavy (non-hydrogen) atoms. The zero-order valence-electron chi connectivity index (χ0n) is 16.7. The summed E-state index contributed by atoms with van der Waals surface area (Å²) in [4.78, 5) is 30.3. The molecule has 7 nitrogen and oxygen atoms in total. The van der Waals surface area contributed by atoms with E-state index in [4.69, 9.17) is 15.2 Å². The van der Waals surface area contributed by atoms with Gasteiger partial charge in [-0.15, -0.1) is 0 Å². The highest BCUT2D eigenvalue weighted by Crippen LogP contribution is 2.41. The van der Waals surface area contributed by atoms with Crippen LogP contribution in [0.2, 0.25) is 0 Å². The Balaban J connectivity index is 1.94. The van der Waals surface area contributed by atoms with E-state index in [1.807, 2.05) is 49.4 Å². The van der Waals surface area contributed by atoms with Gasteiger partial charge in [-0.25, -0.2) is 4.79 Å². The van der Waals surface area contributed by atoms with E-state index < -0.39 is 11.9 Å². The number of ether oxygens (including phenoxy) is 2. The predicted octanol–water partition coefficient (Wildman–Crippen LogP) is 2.47. The molecule has 0 radical (unpaired) electrons. The summed E-state index contributed by atoms with van der Waals surface area (Å²) in [6.07, 6.45) is 3.40. The molecule has 7 heteroatoms. The lowest BCUT2D eigenvalue weighted by molar-refractivity contribution is -0.136. The van der Waals surface area contributed by atoms with Gasteiger partial charge in [0.25, 0.3) is 5.56 Å². The molecule has 0 aliphatic carbocycles. The summed E-state index contributed by atoms with van der Waals surface area (Å²) in [7, 11) is 1.27. The maximum Gasteiger partial charge on any atom is 0.340 e. The quantitative estimate of drug-likeness (QED) is 0.673. The van der Waals surface area contributed by atoms with Crippen LogP contribution in [0.1, 0.15) is 28.3 Å². The standard InChI is InChI=1S/C23H21N3O4/c1-14-11-17-19(22(27)26(14)13-15-7-6-10-25-12-15)18(16-8-4-3-5-9-16)20(21(24)30-17)23(28)29-2/h3-12,18H,13,24H2,1-2H3. The summed E-state index contributed by atoms with van der Waals surface area (Å²) in [5.74, 6) is -1.05. The number of esters is 1. The zero-order valence-corrected chi connectivity index (χ0v) is 16.7. The first-order valence-corrected chi connectivity index (χ1v) is 9.45. The first-order valence-electron chi connectivity index (χ1n) is 9.45. The molecule has 0 spiro atoms. The second-order valence-corrected chi connectivity index (χ2v) is 7.03. The summed E-state index contributed by atoms with van der Waals surface area (Å²) >= 11 is 0. The van der Waals surface area contributed by atoms with Crippen LogP contribution in [0.15, 0.2) is 77.2 Å². The minimum Gasteiger partial charge on any atom is -0.465 e. The van der Waals surface area contributed by atoms with E-state index in [0.29, 0.717) is 23.6 Å². The third kappa shape index (κ3) is 3.34. The number of nitrogens with two attached hydrogens (primary N) is 1. The van der Waals surface area contributed by atoms with Gasteiger partial charge in [-0.3, -0.25) is 9.78 Å². The van der Waals surface area contributed by atoms with Crippen molar-refractivity contribution in [2.45, 2.75) is 19.4 Å². The van der Waals surface area contributed by atoms with Crippen LogP contribution in [0.4, 0.5) is 0 Å². The second-order valence-electron chi connectivity index (χ2n) is 7.03. The number of rotatable bonds is 4. The SMILES string of the molecule is COC(=O)C1=C(N)Oc2cc(C)n(Cc3cccnc3)c(=O)c2C1c1ccccc1. The summed E-state index contributed by atoms with van der Waals surface area (Å²) in [5.41, 5.74) is 8.66. The molecule has 3 heterocycles. The fourth-order valence-corrected chi connectivity index (χ4v) is 3.74. The van der Waals surface area contributed by atoms with Gasteiger partial charge in [0, 0.05) is 24.2 Å². The molecule has 1 aliphatic heterocycles. The summed E-state index contributed by atoms with van der Waals surface area (Å²) in [5, 5.41) is 0. The Morgan fingerprint density at radius 1 is 1.23 bits per heavy atom. The van der Waals surface area contributed by atoms with E-state index in [1.54, 1.807) is 23.0 Å². The van der Waals surface area contributed by atoms with Gasteiger partial charge in [0.1, 0.15) is 11.3 Å². The Morgan fingerprint density at radius 2 is 2.00 bits per heavy atom. The van der Waals surface area contributed by atoms with E-state index in [1.165, 1.54) is 7.11 Å². The van der Waals surface area contributed by atoms with Gasteiger partial charge in [-0.2, -0.15) is 0 Å². The molecular weight excluding hydrogens is 382 g/mol. The Bertz CT molecular complexity index is 1180. The summed E-state index contributed by atoms with van der Waals surface area (Å²) in [6, 6.07) is 14.7. The molecule has 4 rings (SSSR count). The smallest absolute Gasteiger partial charge is 0.340 e. The zero-order chi connectivity index (χ0) is 21.3. The summed E-state index contributed by atoms with van der Waals surface area (Å²) < 4.78 is 12.3. The van der Waals surface area contributed by atoms with Crippen LogP contribution in [0, 0.1) is 6.92 Å². The van der Waals surface area contributed by atoms with Gasteiger partial charge >= 0.3 is 5.97 Å². The largest absolute Gasteiger partial charge is 0.465 e. The number of aryl methyl sites for hydroxylation is 1. The molecule has 0 saturated heterocycles. The Kier molecular flexibility index (Phi) is 5.10. The van der Waals surface area contributed by atoms with Crippen molar-refractivity contribution in [3.05, 3.63) is 105 Å². The topological polar surface area (TPSA) is 96.4 Å². The van der Waals surface area contributed by atoms with Gasteiger partial charge < -0.3 is 19.8 Å². The molecule has 0 fully saturated rings. The average molecular weight is 403 g/mol. The van der Waals surface area contributed by atoms with Crippen molar-refractivity contribution in [1.29, 1.82) is 0 Å². The maximum atomic E-state index is 13.6. The number of nitrogens with zero attached hydrogens (tertiary/aromatic N) is 2. The highest BCUT2D eigenvalue weighted by Gasteiger charge is 2.38. The predicted molar refractivity (Wildman–Crippen MR) is 111 cm³/mol. The van der Waals surface area contributed by atoms with Crippen molar-refractivity contribution in [2.75, 3.05) is 7.11 Å². The summed E-state index contributed by atoms with van der Waals surface area (Å²) in [6.45, 7) is 2.18. The van der Waals surface area contributed by atoms with E-state index in [0.717, 1.165) is 11.1 Å². The number of hydrogen-bond acceptors (Lipinski definition) is 6. The normalized spacial score (nSPS) is 15.3. The van der Waals surface area contributed by atoms with Crippen molar-refractivity contribution >= 4 is 5.97 Å². The van der Waals surface area contributed by atoms with E-state index in [9.17, 15) is 9.59 Å². The molecule has 3 aromatic rings. The molecular formula is C23H21N3O4. The van der Waals surface area contributed by atoms with E-state index in [2.05, 4.69) is 4.98 Å². The molecule has 1 unspecified atom stereocenters. The van der Waals surface area contributed by atoms with Crippen molar-refractivity contribution in [1.82, 2.24) is 9.55 Å². The molecule has 152 valence electrons. The lowest BCUT2D eigenvalue weighted by Crippen LogP contribution is -2.35. The van der Waals surface area contributed by atoms with Crippen LogP contribution in [-0.2, 0) is 16.1 Å². The van der Waals surface area contributed by atoms with Crippen LogP contribution >= 0.6 is 0 Å². The number of hydrogen-bond donors (Lipinski definition) is 1. The van der Waals surface area contributed by atoms with Gasteiger partial charge in [0.05, 0.1) is 25.1 Å². The molecule has 1 aliphatic rings. The molecule has 0 bridgehead atoms. The Morgan fingerprint density at radius 3 is 2.67 bits per heavy atom. The van der Waals surface area contributed by atoms with Crippen molar-refractivity contribution in [2.24, 2.45) is 5.73 Å². The first-order chi connectivity index (χ1) is 14.5. The highest BCUT2D eigenvalue weighted by atomic mass is 16.5. The second kappa shape index (κ2) is 7.87. The molecule has 1 aromatic carbocycles. The number of carbonyl (C=O) groups is 1. The van der Waals surface area contributed by atoms with Gasteiger partial charge in [0.2, 0.25) is 5.88 Å². The number of pyridine rings is 2. The number of aromatic nitrogens is 2. The maximum absolute atomic E-state index is 13.6. The average Bonchev–Trinajstić information content (AvgIpc) is 2.76. The minimum atomic E-state index is -0.698. The first kappa shape index (κ1) is 19.4. The Hall–Kier alpha value is -3.87. The monoisotopic (exact) mass is 403 g/mol. The Labute approximate surface area is 173 Å². The van der Waals surface area contributed by atoms with Crippen LogP contribution in [0.25, 0.3) is 0 Å². The number of fused-ring (bicyclic) bond motifs is 1. The van der Waals surface area contributed by atoms with Gasteiger partial charge in [0.15, 0.2) is 0 Å². The highest BCUT2D eigenvalue weighted by molar-refractivity contribution is 5.92. The number of carbonyl (C=O) groups excluding carboxylic acids is 1. The van der Waals surface area contributed by atoms with Crippen molar-refractivity contribution in [3.8, 4) is 5.75 Å². The number of methoxy groups -OCH3 is 1. The van der Waals surface area contributed by atoms with Crippen LogP contribution < -0.4 is 16.0 Å². The number of benzene rings is 1. The minimum absolute atomic E-state index is 0.0630. The fourth-order valence-electron chi connectivity index (χ4n) is 3.74. The fraction of sp³-hybridized carbons (Fsp3) is 0.174. The molecule has 0 amide bonds. The van der Waals surface area contributed by atoms with Crippen LogP contribution in [-0.4, -0.2) is 22.6 Å². The van der Waals surface area contributed by atoms with Crippen molar-refractivity contribution < 1.29 is 14.3 Å². The van der Waals surface area contributed by atoms with Gasteiger partial charge in [-0.1, -0.05) is 36.4 Å². The van der Waals surface area contributed by atoms with E-state index in [-0.39, 0.29) is 17.0 Å². The lowest BCUT2D eigenvalue weighted by atomic mass is 9.83. The van der Waals surface area contributed by atoms with Crippen molar-refractivity contribution in [3.63, 3.8) is 0 Å². The molecule has 0 saturated carbocycles. The van der Waals surface area contributed by atoms with Crippen LogP contribution in [0.3, 0.4) is 0 Å². The lowest BCUT2D eigenvalue weighted by Gasteiger charge is -2.29. The molecule has 2 aromatic heterocycles. The van der Waals surface area contributed by atoms with Gasteiger partial charge in [-0.05, 0) is 24.1 Å². The van der Waals surface area contributed by atoms with Crippen LogP contribution in [0.5, 0.6) is 5.75 Å². The van der Waals surface area contributed by atoms with E-state index >= 15 is 0 Å². The third-order valence-electron chi connectivity index (χ3n) is 5.17. The molecule has 1 atom stereocenters.